The Kier molecular flexibility index (Phi) is 4.69. The summed E-state index contributed by atoms with van der Waals surface area (Å²) < 4.78 is 0. The number of amides is 1. The molecule has 0 atom stereocenters. The molecule has 0 spiro atoms. The van der Waals surface area contributed by atoms with E-state index >= 15 is 0 Å². The highest BCUT2D eigenvalue weighted by atomic mass is 32.1. The first-order valence-electron chi connectivity index (χ1n) is 6.60. The third-order valence-electron chi connectivity index (χ3n) is 3.09. The van der Waals surface area contributed by atoms with Gasteiger partial charge in [-0.3, -0.25) is 4.79 Å². The van der Waals surface area contributed by atoms with Crippen LogP contribution in [0.2, 0.25) is 0 Å². The SMILES string of the molecule is CC/C(C)=N\NC(=O)c1sccc1-c1ccc(C)cc1. The van der Waals surface area contributed by atoms with Gasteiger partial charge < -0.3 is 0 Å². The molecule has 2 aromatic rings. The van der Waals surface area contributed by atoms with Crippen LogP contribution >= 0.6 is 11.3 Å². The molecule has 0 bridgehead atoms. The molecule has 1 amide bonds. The smallest absolute Gasteiger partial charge is 0.266 e. The molecule has 0 aliphatic heterocycles. The molecule has 0 aliphatic rings. The van der Waals surface area contributed by atoms with Crippen LogP contribution in [0.25, 0.3) is 11.1 Å². The highest BCUT2D eigenvalue weighted by molar-refractivity contribution is 7.12. The summed E-state index contributed by atoms with van der Waals surface area (Å²) in [5.41, 5.74) is 6.74. The quantitative estimate of drug-likeness (QED) is 0.663. The van der Waals surface area contributed by atoms with Crippen molar-refractivity contribution in [3.05, 3.63) is 46.2 Å². The standard InChI is InChI=1S/C16H18N2OS/c1-4-12(3)17-18-16(19)15-14(9-10-20-15)13-7-5-11(2)6-8-13/h5-10H,4H2,1-3H3,(H,18,19)/b17-12-. The number of aryl methyl sites for hydroxylation is 1. The van der Waals surface area contributed by atoms with Crippen molar-refractivity contribution in [3.63, 3.8) is 0 Å². The number of thiophene rings is 1. The van der Waals surface area contributed by atoms with E-state index in [1.807, 2.05) is 56.5 Å². The van der Waals surface area contributed by atoms with Gasteiger partial charge in [-0.05, 0) is 37.3 Å². The molecule has 0 radical (unpaired) electrons. The number of hydrogen-bond acceptors (Lipinski definition) is 3. The fourth-order valence-electron chi connectivity index (χ4n) is 1.72. The van der Waals surface area contributed by atoms with E-state index in [-0.39, 0.29) is 5.91 Å². The summed E-state index contributed by atoms with van der Waals surface area (Å²) in [7, 11) is 0. The molecule has 1 N–H and O–H groups in total. The van der Waals surface area contributed by atoms with Crippen molar-refractivity contribution in [3.8, 4) is 11.1 Å². The lowest BCUT2D eigenvalue weighted by atomic mass is 10.1. The van der Waals surface area contributed by atoms with Gasteiger partial charge in [0.05, 0.1) is 0 Å². The van der Waals surface area contributed by atoms with Crippen LogP contribution in [0.4, 0.5) is 0 Å². The number of carbonyl (C=O) groups is 1. The molecule has 20 heavy (non-hydrogen) atoms. The van der Waals surface area contributed by atoms with Gasteiger partial charge in [-0.25, -0.2) is 5.43 Å². The van der Waals surface area contributed by atoms with Gasteiger partial charge in [-0.1, -0.05) is 36.8 Å². The Morgan fingerprint density at radius 3 is 2.60 bits per heavy atom. The monoisotopic (exact) mass is 286 g/mol. The third kappa shape index (κ3) is 3.33. The molecule has 1 aromatic carbocycles. The molecule has 1 aromatic heterocycles. The second kappa shape index (κ2) is 6.48. The van der Waals surface area contributed by atoms with Crippen LogP contribution in [0, 0.1) is 6.92 Å². The molecule has 0 saturated carbocycles. The van der Waals surface area contributed by atoms with Crippen LogP contribution in [0.3, 0.4) is 0 Å². The van der Waals surface area contributed by atoms with Gasteiger partial charge in [-0.2, -0.15) is 5.10 Å². The highest BCUT2D eigenvalue weighted by Gasteiger charge is 2.14. The Morgan fingerprint density at radius 2 is 1.95 bits per heavy atom. The van der Waals surface area contributed by atoms with E-state index in [9.17, 15) is 4.79 Å². The molecular formula is C16H18N2OS. The van der Waals surface area contributed by atoms with E-state index in [1.165, 1.54) is 16.9 Å². The lowest BCUT2D eigenvalue weighted by Gasteiger charge is -2.04. The van der Waals surface area contributed by atoms with Crippen molar-refractivity contribution in [2.75, 3.05) is 0 Å². The molecule has 0 aliphatic carbocycles. The average molecular weight is 286 g/mol. The molecule has 0 saturated heterocycles. The predicted molar refractivity (Wildman–Crippen MR) is 85.4 cm³/mol. The van der Waals surface area contributed by atoms with E-state index in [1.54, 1.807) is 0 Å². The van der Waals surface area contributed by atoms with Crippen LogP contribution in [0.1, 0.15) is 35.5 Å². The first-order chi connectivity index (χ1) is 9.61. The summed E-state index contributed by atoms with van der Waals surface area (Å²) >= 11 is 1.43. The number of hydrazone groups is 1. The normalized spacial score (nSPS) is 11.4. The largest absolute Gasteiger partial charge is 0.282 e. The number of nitrogens with zero attached hydrogens (tertiary/aromatic N) is 1. The van der Waals surface area contributed by atoms with E-state index < -0.39 is 0 Å². The van der Waals surface area contributed by atoms with Gasteiger partial charge in [0.1, 0.15) is 4.88 Å². The van der Waals surface area contributed by atoms with Crippen molar-refractivity contribution in [2.45, 2.75) is 27.2 Å². The van der Waals surface area contributed by atoms with Crippen LogP contribution in [-0.2, 0) is 0 Å². The first-order valence-corrected chi connectivity index (χ1v) is 7.47. The Bertz CT molecular complexity index is 626. The molecule has 104 valence electrons. The molecule has 2 rings (SSSR count). The highest BCUT2D eigenvalue weighted by Crippen LogP contribution is 2.28. The van der Waals surface area contributed by atoms with Crippen LogP contribution in [0.5, 0.6) is 0 Å². The van der Waals surface area contributed by atoms with E-state index in [0.29, 0.717) is 4.88 Å². The minimum atomic E-state index is -0.150. The number of carbonyl (C=O) groups excluding carboxylic acids is 1. The maximum Gasteiger partial charge on any atom is 0.282 e. The summed E-state index contributed by atoms with van der Waals surface area (Å²) in [6.07, 6.45) is 0.829. The molecule has 0 unspecified atom stereocenters. The van der Waals surface area contributed by atoms with Crippen molar-refractivity contribution < 1.29 is 4.79 Å². The van der Waals surface area contributed by atoms with Crippen LogP contribution < -0.4 is 5.43 Å². The van der Waals surface area contributed by atoms with E-state index in [4.69, 9.17) is 0 Å². The van der Waals surface area contributed by atoms with Gasteiger partial charge in [0.25, 0.3) is 5.91 Å². The van der Waals surface area contributed by atoms with Crippen LogP contribution in [-0.4, -0.2) is 11.6 Å². The maximum atomic E-state index is 12.2. The number of rotatable bonds is 4. The van der Waals surface area contributed by atoms with Crippen molar-refractivity contribution in [1.82, 2.24) is 5.43 Å². The molecule has 0 fully saturated rings. The number of benzene rings is 1. The Balaban J connectivity index is 2.24. The van der Waals surface area contributed by atoms with Gasteiger partial charge in [-0.15, -0.1) is 11.3 Å². The van der Waals surface area contributed by atoms with Gasteiger partial charge in [0.15, 0.2) is 0 Å². The lowest BCUT2D eigenvalue weighted by Crippen LogP contribution is -2.18. The summed E-state index contributed by atoms with van der Waals surface area (Å²) in [4.78, 5) is 12.9. The molecule has 1 heterocycles. The number of hydrogen-bond donors (Lipinski definition) is 1. The maximum absolute atomic E-state index is 12.2. The fraction of sp³-hybridized carbons (Fsp3) is 0.250. The second-order valence-electron chi connectivity index (χ2n) is 4.67. The first kappa shape index (κ1) is 14.5. The second-order valence-corrected chi connectivity index (χ2v) is 5.59. The topological polar surface area (TPSA) is 41.5 Å². The lowest BCUT2D eigenvalue weighted by molar-refractivity contribution is 0.0959. The molecular weight excluding hydrogens is 268 g/mol. The zero-order valence-electron chi connectivity index (χ0n) is 11.9. The summed E-state index contributed by atoms with van der Waals surface area (Å²) in [6, 6.07) is 10.1. The van der Waals surface area contributed by atoms with E-state index in [2.05, 4.69) is 10.5 Å². The van der Waals surface area contributed by atoms with Gasteiger partial charge in [0.2, 0.25) is 0 Å². The minimum Gasteiger partial charge on any atom is -0.266 e. The van der Waals surface area contributed by atoms with Crippen molar-refractivity contribution in [1.29, 1.82) is 0 Å². The average Bonchev–Trinajstić information content (AvgIpc) is 2.94. The molecule has 4 heteroatoms. The van der Waals surface area contributed by atoms with Crippen LogP contribution in [0.15, 0.2) is 40.8 Å². The Morgan fingerprint density at radius 1 is 1.25 bits per heavy atom. The van der Waals surface area contributed by atoms with Gasteiger partial charge >= 0.3 is 0 Å². The van der Waals surface area contributed by atoms with Crippen molar-refractivity contribution in [2.24, 2.45) is 5.10 Å². The summed E-state index contributed by atoms with van der Waals surface area (Å²) in [5.74, 6) is -0.150. The predicted octanol–water partition coefficient (Wildman–Crippen LogP) is 4.24. The molecule has 3 nitrogen and oxygen atoms in total. The van der Waals surface area contributed by atoms with Gasteiger partial charge in [0, 0.05) is 11.3 Å². The number of nitrogens with one attached hydrogen (secondary N) is 1. The van der Waals surface area contributed by atoms with E-state index in [0.717, 1.165) is 23.3 Å². The Labute approximate surface area is 123 Å². The Hall–Kier alpha value is -1.94. The minimum absolute atomic E-state index is 0.150. The van der Waals surface area contributed by atoms with Crippen molar-refractivity contribution >= 4 is 23.0 Å². The zero-order chi connectivity index (χ0) is 14.5. The summed E-state index contributed by atoms with van der Waals surface area (Å²) in [5, 5.41) is 6.00. The third-order valence-corrected chi connectivity index (χ3v) is 4.01. The fourth-order valence-corrected chi connectivity index (χ4v) is 2.53. The zero-order valence-corrected chi connectivity index (χ0v) is 12.8. The summed E-state index contributed by atoms with van der Waals surface area (Å²) in [6.45, 7) is 5.96.